The third-order valence-corrected chi connectivity index (χ3v) is 5.18. The van der Waals surface area contributed by atoms with Crippen LogP contribution in [-0.2, 0) is 10.0 Å². The smallest absolute Gasteiger partial charge is 0.243 e. The van der Waals surface area contributed by atoms with E-state index in [-0.39, 0.29) is 22.2 Å². The van der Waals surface area contributed by atoms with Crippen LogP contribution in [0.5, 0.6) is 0 Å². The normalized spacial score (nSPS) is 17.1. The zero-order valence-electron chi connectivity index (χ0n) is 11.8. The monoisotopic (exact) mass is 300 g/mol. The zero-order chi connectivity index (χ0) is 14.9. The highest BCUT2D eigenvalue weighted by Crippen LogP contribution is 2.34. The number of hydrogen-bond acceptors (Lipinski definition) is 3. The predicted molar refractivity (Wildman–Crippen MR) is 77.3 cm³/mol. The lowest BCUT2D eigenvalue weighted by Crippen LogP contribution is -2.35. The maximum absolute atomic E-state index is 14.0. The van der Waals surface area contributed by atoms with Crippen molar-refractivity contribution in [2.24, 2.45) is 5.92 Å². The maximum atomic E-state index is 14.0. The summed E-state index contributed by atoms with van der Waals surface area (Å²) in [6.45, 7) is 3.43. The van der Waals surface area contributed by atoms with Gasteiger partial charge in [-0.25, -0.2) is 17.5 Å². The highest BCUT2D eigenvalue weighted by molar-refractivity contribution is 7.89. The second-order valence-electron chi connectivity index (χ2n) is 5.56. The molecule has 0 aromatic heterocycles. The number of sulfonamides is 1. The number of nitrogen functional groups attached to an aromatic ring is 1. The van der Waals surface area contributed by atoms with Gasteiger partial charge >= 0.3 is 0 Å². The lowest BCUT2D eigenvalue weighted by molar-refractivity contribution is 0.490. The fourth-order valence-electron chi connectivity index (χ4n) is 2.30. The summed E-state index contributed by atoms with van der Waals surface area (Å²) in [5, 5.41) is 0. The van der Waals surface area contributed by atoms with Crippen LogP contribution >= 0.6 is 0 Å². The first-order valence-corrected chi connectivity index (χ1v) is 8.39. The minimum absolute atomic E-state index is 0.145. The molecule has 0 radical (unpaired) electrons. The van der Waals surface area contributed by atoms with E-state index in [9.17, 15) is 12.8 Å². The number of halogens is 1. The van der Waals surface area contributed by atoms with Crippen LogP contribution in [0, 0.1) is 18.7 Å². The van der Waals surface area contributed by atoms with Crippen molar-refractivity contribution >= 4 is 15.7 Å². The SMILES string of the molecule is CCC(CC1CC1)NS(=O)(=O)c1cc(N)cc(C)c1F. The predicted octanol–water partition coefficient (Wildman–Crippen LogP) is 2.57. The fraction of sp³-hybridized carbons (Fsp3) is 0.571. The van der Waals surface area contributed by atoms with E-state index in [2.05, 4.69) is 4.72 Å². The quantitative estimate of drug-likeness (QED) is 0.793. The van der Waals surface area contributed by atoms with Gasteiger partial charge in [-0.1, -0.05) is 19.8 Å². The van der Waals surface area contributed by atoms with Gasteiger partial charge in [0.25, 0.3) is 0 Å². The van der Waals surface area contributed by atoms with E-state index >= 15 is 0 Å². The van der Waals surface area contributed by atoms with Crippen LogP contribution in [0.4, 0.5) is 10.1 Å². The molecule has 112 valence electrons. The number of anilines is 1. The summed E-state index contributed by atoms with van der Waals surface area (Å²) < 4.78 is 41.3. The van der Waals surface area contributed by atoms with Crippen LogP contribution in [0.15, 0.2) is 17.0 Å². The molecule has 6 heteroatoms. The number of hydrogen-bond donors (Lipinski definition) is 2. The van der Waals surface area contributed by atoms with Gasteiger partial charge in [-0.05, 0) is 43.4 Å². The highest BCUT2D eigenvalue weighted by Gasteiger charge is 2.29. The van der Waals surface area contributed by atoms with Crippen LogP contribution in [0.2, 0.25) is 0 Å². The Morgan fingerprint density at radius 1 is 1.45 bits per heavy atom. The Morgan fingerprint density at radius 2 is 2.10 bits per heavy atom. The van der Waals surface area contributed by atoms with Crippen LogP contribution in [0.3, 0.4) is 0 Å². The molecular weight excluding hydrogens is 279 g/mol. The maximum Gasteiger partial charge on any atom is 0.243 e. The van der Waals surface area contributed by atoms with E-state index in [0.717, 1.165) is 19.3 Å². The summed E-state index contributed by atoms with van der Waals surface area (Å²) in [6.07, 6.45) is 3.82. The van der Waals surface area contributed by atoms with E-state index < -0.39 is 15.8 Å². The number of benzene rings is 1. The van der Waals surface area contributed by atoms with E-state index in [4.69, 9.17) is 5.73 Å². The number of nitrogens with two attached hydrogens (primary N) is 1. The molecular formula is C14H21FN2O2S. The molecule has 2 rings (SSSR count). The number of rotatable bonds is 6. The Balaban J connectivity index is 2.24. The first kappa shape index (κ1) is 15.3. The summed E-state index contributed by atoms with van der Waals surface area (Å²) in [6, 6.07) is 2.46. The first-order valence-electron chi connectivity index (χ1n) is 6.91. The van der Waals surface area contributed by atoms with E-state index in [0.29, 0.717) is 12.3 Å². The van der Waals surface area contributed by atoms with Crippen molar-refractivity contribution in [1.82, 2.24) is 4.72 Å². The van der Waals surface area contributed by atoms with Gasteiger partial charge in [0.05, 0.1) is 0 Å². The Hall–Kier alpha value is -1.14. The van der Waals surface area contributed by atoms with Crippen molar-refractivity contribution in [2.75, 3.05) is 5.73 Å². The van der Waals surface area contributed by atoms with Gasteiger partial charge in [0.1, 0.15) is 10.7 Å². The minimum atomic E-state index is -3.87. The summed E-state index contributed by atoms with van der Waals surface area (Å²) in [5.74, 6) is -0.122. The summed E-state index contributed by atoms with van der Waals surface area (Å²) in [7, 11) is -3.87. The summed E-state index contributed by atoms with van der Waals surface area (Å²) in [4.78, 5) is -0.357. The summed E-state index contributed by atoms with van der Waals surface area (Å²) in [5.41, 5.74) is 6.11. The fourth-order valence-corrected chi connectivity index (χ4v) is 3.81. The molecule has 1 aromatic carbocycles. The molecule has 1 aliphatic carbocycles. The molecule has 20 heavy (non-hydrogen) atoms. The minimum Gasteiger partial charge on any atom is -0.399 e. The van der Waals surface area contributed by atoms with Gasteiger partial charge in [-0.15, -0.1) is 0 Å². The third kappa shape index (κ3) is 3.49. The molecule has 3 N–H and O–H groups in total. The molecule has 0 bridgehead atoms. The average molecular weight is 300 g/mol. The number of nitrogens with one attached hydrogen (secondary N) is 1. The molecule has 1 atom stereocenters. The van der Waals surface area contributed by atoms with Gasteiger partial charge in [-0.2, -0.15) is 0 Å². The van der Waals surface area contributed by atoms with Crippen molar-refractivity contribution in [3.05, 3.63) is 23.5 Å². The molecule has 1 fully saturated rings. The van der Waals surface area contributed by atoms with E-state index in [1.54, 1.807) is 0 Å². The van der Waals surface area contributed by atoms with Crippen molar-refractivity contribution < 1.29 is 12.8 Å². The van der Waals surface area contributed by atoms with E-state index in [1.165, 1.54) is 19.1 Å². The molecule has 0 spiro atoms. The Kier molecular flexibility index (Phi) is 4.34. The standard InChI is InChI=1S/C14H21FN2O2S/c1-3-12(7-10-4-5-10)17-20(18,19)13-8-11(16)6-9(2)14(13)15/h6,8,10,12,17H,3-5,7,16H2,1-2H3. The highest BCUT2D eigenvalue weighted by atomic mass is 32.2. The Labute approximate surface area is 119 Å². The molecule has 4 nitrogen and oxygen atoms in total. The van der Waals surface area contributed by atoms with Gasteiger partial charge in [-0.3, -0.25) is 0 Å². The zero-order valence-corrected chi connectivity index (χ0v) is 12.6. The average Bonchev–Trinajstić information content (AvgIpc) is 3.16. The van der Waals surface area contributed by atoms with Crippen LogP contribution in [-0.4, -0.2) is 14.5 Å². The first-order chi connectivity index (χ1) is 9.33. The van der Waals surface area contributed by atoms with Crippen molar-refractivity contribution in [3.8, 4) is 0 Å². The molecule has 1 aliphatic rings. The molecule has 1 unspecified atom stereocenters. The Morgan fingerprint density at radius 3 is 2.65 bits per heavy atom. The lowest BCUT2D eigenvalue weighted by Gasteiger charge is -2.17. The van der Waals surface area contributed by atoms with Crippen molar-refractivity contribution in [1.29, 1.82) is 0 Å². The Bertz CT molecular complexity index is 597. The molecule has 0 heterocycles. The third-order valence-electron chi connectivity index (χ3n) is 3.66. The van der Waals surface area contributed by atoms with Crippen molar-refractivity contribution in [2.45, 2.75) is 50.5 Å². The second kappa shape index (κ2) is 5.69. The largest absolute Gasteiger partial charge is 0.399 e. The van der Waals surface area contributed by atoms with Gasteiger partial charge in [0.2, 0.25) is 10.0 Å². The molecule has 1 aromatic rings. The van der Waals surface area contributed by atoms with E-state index in [1.807, 2.05) is 6.92 Å². The topological polar surface area (TPSA) is 72.2 Å². The molecule has 1 saturated carbocycles. The summed E-state index contributed by atoms with van der Waals surface area (Å²) >= 11 is 0. The number of aryl methyl sites for hydroxylation is 1. The van der Waals surface area contributed by atoms with Crippen molar-refractivity contribution in [3.63, 3.8) is 0 Å². The van der Waals surface area contributed by atoms with Crippen LogP contribution in [0.1, 0.15) is 38.2 Å². The lowest BCUT2D eigenvalue weighted by atomic mass is 10.1. The van der Waals surface area contributed by atoms with Gasteiger partial charge < -0.3 is 5.73 Å². The molecule has 0 saturated heterocycles. The second-order valence-corrected chi connectivity index (χ2v) is 7.24. The molecule has 0 amide bonds. The van der Waals surface area contributed by atoms with Crippen LogP contribution in [0.25, 0.3) is 0 Å². The van der Waals surface area contributed by atoms with Crippen LogP contribution < -0.4 is 10.5 Å². The molecule has 0 aliphatic heterocycles. The van der Waals surface area contributed by atoms with Gasteiger partial charge in [0.15, 0.2) is 0 Å². The van der Waals surface area contributed by atoms with Gasteiger partial charge in [0, 0.05) is 11.7 Å².